The number of hydrazine groups is 1. The van der Waals surface area contributed by atoms with Gasteiger partial charge in [0.1, 0.15) is 5.82 Å². The number of carbonyl (C=O) groups excluding carboxylic acids is 2. The number of nitrogens with zero attached hydrogens (tertiary/aromatic N) is 1. The number of carbonyl (C=O) groups is 2. The molecule has 0 spiro atoms. The molecule has 25 heavy (non-hydrogen) atoms. The SMILES string of the molecule is O=C(Cc1nc2ccccc2[nH]1)NNC(=O)c1ccc2c(c1)OCO2. The molecular weight excluding hydrogens is 324 g/mol. The van der Waals surface area contributed by atoms with Gasteiger partial charge in [-0.3, -0.25) is 20.4 Å². The van der Waals surface area contributed by atoms with Gasteiger partial charge in [0.05, 0.1) is 17.5 Å². The van der Waals surface area contributed by atoms with Crippen molar-refractivity contribution in [1.82, 2.24) is 20.8 Å². The molecule has 0 aliphatic carbocycles. The van der Waals surface area contributed by atoms with Crippen LogP contribution in [-0.2, 0) is 11.2 Å². The summed E-state index contributed by atoms with van der Waals surface area (Å²) in [6, 6.07) is 12.3. The minimum absolute atomic E-state index is 0.0239. The first-order valence-electron chi connectivity index (χ1n) is 7.61. The zero-order valence-corrected chi connectivity index (χ0v) is 13.0. The largest absolute Gasteiger partial charge is 0.454 e. The molecule has 1 aliphatic heterocycles. The Bertz CT molecular complexity index is 933. The zero-order valence-electron chi connectivity index (χ0n) is 13.0. The van der Waals surface area contributed by atoms with Crippen molar-refractivity contribution >= 4 is 22.8 Å². The number of imidazole rings is 1. The molecule has 8 nitrogen and oxygen atoms in total. The van der Waals surface area contributed by atoms with Gasteiger partial charge in [0.15, 0.2) is 11.5 Å². The second kappa shape index (κ2) is 6.16. The number of amides is 2. The summed E-state index contributed by atoms with van der Waals surface area (Å²) in [5, 5.41) is 0. The first-order valence-corrected chi connectivity index (χ1v) is 7.61. The van der Waals surface area contributed by atoms with E-state index in [0.717, 1.165) is 11.0 Å². The lowest BCUT2D eigenvalue weighted by molar-refractivity contribution is -0.121. The van der Waals surface area contributed by atoms with Crippen LogP contribution >= 0.6 is 0 Å². The van der Waals surface area contributed by atoms with Crippen LogP contribution in [-0.4, -0.2) is 28.6 Å². The molecule has 3 N–H and O–H groups in total. The minimum atomic E-state index is -0.448. The molecule has 3 aromatic rings. The second-order valence-electron chi connectivity index (χ2n) is 5.45. The second-order valence-corrected chi connectivity index (χ2v) is 5.45. The van der Waals surface area contributed by atoms with Crippen LogP contribution in [0.5, 0.6) is 11.5 Å². The molecule has 0 saturated carbocycles. The van der Waals surface area contributed by atoms with E-state index < -0.39 is 5.91 Å². The summed E-state index contributed by atoms with van der Waals surface area (Å²) < 4.78 is 10.4. The van der Waals surface area contributed by atoms with Crippen molar-refractivity contribution in [3.63, 3.8) is 0 Å². The maximum Gasteiger partial charge on any atom is 0.269 e. The number of aromatic nitrogens is 2. The number of benzene rings is 2. The summed E-state index contributed by atoms with van der Waals surface area (Å²) in [6.07, 6.45) is 0.0239. The van der Waals surface area contributed by atoms with Gasteiger partial charge in [0, 0.05) is 5.56 Å². The molecule has 2 heterocycles. The smallest absolute Gasteiger partial charge is 0.269 e. The Morgan fingerprint density at radius 2 is 1.92 bits per heavy atom. The van der Waals surface area contributed by atoms with Gasteiger partial charge in [-0.25, -0.2) is 4.98 Å². The van der Waals surface area contributed by atoms with E-state index in [0.29, 0.717) is 22.9 Å². The number of hydrogen-bond donors (Lipinski definition) is 3. The Morgan fingerprint density at radius 1 is 1.08 bits per heavy atom. The monoisotopic (exact) mass is 338 g/mol. The molecule has 0 bridgehead atoms. The fourth-order valence-corrected chi connectivity index (χ4v) is 2.52. The number of hydrogen-bond acceptors (Lipinski definition) is 5. The maximum absolute atomic E-state index is 12.1. The first-order chi connectivity index (χ1) is 12.2. The summed E-state index contributed by atoms with van der Waals surface area (Å²) in [6.45, 7) is 0.134. The highest BCUT2D eigenvalue weighted by molar-refractivity contribution is 5.96. The van der Waals surface area contributed by atoms with E-state index in [1.165, 1.54) is 0 Å². The molecule has 4 rings (SSSR count). The van der Waals surface area contributed by atoms with Crippen LogP contribution in [0.25, 0.3) is 11.0 Å². The van der Waals surface area contributed by atoms with E-state index >= 15 is 0 Å². The fourth-order valence-electron chi connectivity index (χ4n) is 2.52. The Morgan fingerprint density at radius 3 is 2.80 bits per heavy atom. The Labute approximate surface area is 142 Å². The van der Waals surface area contributed by atoms with Gasteiger partial charge in [-0.15, -0.1) is 0 Å². The van der Waals surface area contributed by atoms with E-state index in [9.17, 15) is 9.59 Å². The molecular formula is C17H14N4O4. The van der Waals surface area contributed by atoms with Crippen LogP contribution in [0.15, 0.2) is 42.5 Å². The highest BCUT2D eigenvalue weighted by Crippen LogP contribution is 2.32. The van der Waals surface area contributed by atoms with Gasteiger partial charge in [0.2, 0.25) is 12.7 Å². The summed E-state index contributed by atoms with van der Waals surface area (Å²) in [7, 11) is 0. The quantitative estimate of drug-likeness (QED) is 0.624. The van der Waals surface area contributed by atoms with Crippen LogP contribution in [0.3, 0.4) is 0 Å². The molecule has 2 aromatic carbocycles. The normalized spacial score (nSPS) is 12.2. The Kier molecular flexibility index (Phi) is 3.70. The highest BCUT2D eigenvalue weighted by Gasteiger charge is 2.16. The molecule has 8 heteroatoms. The van der Waals surface area contributed by atoms with Crippen LogP contribution in [0.2, 0.25) is 0 Å². The fraction of sp³-hybridized carbons (Fsp3) is 0.118. The number of aromatic amines is 1. The summed E-state index contributed by atoms with van der Waals surface area (Å²) in [4.78, 5) is 31.5. The lowest BCUT2D eigenvalue weighted by atomic mass is 10.2. The topological polar surface area (TPSA) is 105 Å². The van der Waals surface area contributed by atoms with E-state index in [2.05, 4.69) is 20.8 Å². The molecule has 126 valence electrons. The first kappa shape index (κ1) is 15.0. The molecule has 0 fully saturated rings. The van der Waals surface area contributed by atoms with Crippen molar-refractivity contribution in [3.05, 3.63) is 53.9 Å². The Hall–Kier alpha value is -3.55. The zero-order chi connectivity index (χ0) is 17.2. The molecule has 0 saturated heterocycles. The molecule has 2 amide bonds. The molecule has 1 aromatic heterocycles. The van der Waals surface area contributed by atoms with Gasteiger partial charge in [-0.05, 0) is 30.3 Å². The van der Waals surface area contributed by atoms with Crippen molar-refractivity contribution in [1.29, 1.82) is 0 Å². The number of rotatable bonds is 3. The van der Waals surface area contributed by atoms with Crippen LogP contribution < -0.4 is 20.3 Å². The predicted molar refractivity (Wildman–Crippen MR) is 88.0 cm³/mol. The predicted octanol–water partition coefficient (Wildman–Crippen LogP) is 1.30. The number of nitrogens with one attached hydrogen (secondary N) is 3. The number of ether oxygens (including phenoxy) is 2. The third-order valence-corrected chi connectivity index (χ3v) is 3.72. The molecule has 0 unspecified atom stereocenters. The lowest BCUT2D eigenvalue weighted by Gasteiger charge is -2.07. The standard InChI is InChI=1S/C17H14N4O4/c22-16(8-15-18-11-3-1-2-4-12(11)19-15)20-21-17(23)10-5-6-13-14(7-10)25-9-24-13/h1-7H,8-9H2,(H,18,19)(H,20,22)(H,21,23). The summed E-state index contributed by atoms with van der Waals surface area (Å²) in [5.41, 5.74) is 6.74. The van der Waals surface area contributed by atoms with Crippen molar-refractivity contribution in [2.45, 2.75) is 6.42 Å². The average Bonchev–Trinajstić information content (AvgIpc) is 3.24. The average molecular weight is 338 g/mol. The summed E-state index contributed by atoms with van der Waals surface area (Å²) >= 11 is 0. The maximum atomic E-state index is 12.1. The van der Waals surface area contributed by atoms with Crippen molar-refractivity contribution < 1.29 is 19.1 Å². The van der Waals surface area contributed by atoms with Crippen LogP contribution in [0.1, 0.15) is 16.2 Å². The summed E-state index contributed by atoms with van der Waals surface area (Å²) in [5.74, 6) is 0.784. The van der Waals surface area contributed by atoms with Crippen LogP contribution in [0.4, 0.5) is 0 Å². The van der Waals surface area contributed by atoms with Gasteiger partial charge in [-0.1, -0.05) is 12.1 Å². The number of H-pyrrole nitrogens is 1. The van der Waals surface area contributed by atoms with Crippen LogP contribution in [0, 0.1) is 0 Å². The van der Waals surface area contributed by atoms with Crippen molar-refractivity contribution in [2.24, 2.45) is 0 Å². The lowest BCUT2D eigenvalue weighted by Crippen LogP contribution is -2.42. The van der Waals surface area contributed by atoms with E-state index in [4.69, 9.17) is 9.47 Å². The van der Waals surface area contributed by atoms with E-state index in [1.807, 2.05) is 24.3 Å². The van der Waals surface area contributed by atoms with Gasteiger partial charge >= 0.3 is 0 Å². The van der Waals surface area contributed by atoms with Crippen molar-refractivity contribution in [3.8, 4) is 11.5 Å². The van der Waals surface area contributed by atoms with Gasteiger partial charge < -0.3 is 14.5 Å². The molecule has 0 atom stereocenters. The minimum Gasteiger partial charge on any atom is -0.454 e. The Balaban J connectivity index is 1.35. The van der Waals surface area contributed by atoms with E-state index in [-0.39, 0.29) is 19.1 Å². The molecule has 1 aliphatic rings. The van der Waals surface area contributed by atoms with E-state index in [1.54, 1.807) is 18.2 Å². The third kappa shape index (κ3) is 3.09. The molecule has 0 radical (unpaired) electrons. The van der Waals surface area contributed by atoms with Crippen molar-refractivity contribution in [2.75, 3.05) is 6.79 Å². The highest BCUT2D eigenvalue weighted by atomic mass is 16.7. The number of para-hydroxylation sites is 2. The van der Waals surface area contributed by atoms with Gasteiger partial charge in [0.25, 0.3) is 5.91 Å². The number of fused-ring (bicyclic) bond motifs is 2. The third-order valence-electron chi connectivity index (χ3n) is 3.72. The van der Waals surface area contributed by atoms with Gasteiger partial charge in [-0.2, -0.15) is 0 Å².